The van der Waals surface area contributed by atoms with Crippen molar-refractivity contribution in [2.45, 2.75) is 12.0 Å². The molecule has 0 bridgehead atoms. The SMILES string of the molecule is O=C(CC1(O)C(=O)Nc2c(Cl)ccc(Cl)c21)c1ccncc1. The van der Waals surface area contributed by atoms with Crippen LogP contribution in [0.25, 0.3) is 0 Å². The van der Waals surface area contributed by atoms with E-state index in [0.717, 1.165) is 0 Å². The molecule has 7 heteroatoms. The number of amides is 1. The highest BCUT2D eigenvalue weighted by Crippen LogP contribution is 2.46. The number of benzene rings is 1. The highest BCUT2D eigenvalue weighted by molar-refractivity contribution is 6.38. The number of Topliss-reactive ketones (excluding diaryl/α,β-unsaturated/α-hetero) is 1. The van der Waals surface area contributed by atoms with Crippen molar-refractivity contribution in [2.24, 2.45) is 0 Å². The third-order valence-corrected chi connectivity index (χ3v) is 4.18. The Bertz CT molecular complexity index is 780. The molecule has 1 amide bonds. The van der Waals surface area contributed by atoms with Gasteiger partial charge in [-0.05, 0) is 24.3 Å². The van der Waals surface area contributed by atoms with Crippen LogP contribution >= 0.6 is 23.2 Å². The van der Waals surface area contributed by atoms with Crippen LogP contribution in [-0.4, -0.2) is 21.8 Å². The molecule has 0 aliphatic carbocycles. The highest BCUT2D eigenvalue weighted by Gasteiger charge is 2.49. The fourth-order valence-electron chi connectivity index (χ4n) is 2.45. The monoisotopic (exact) mass is 336 g/mol. The van der Waals surface area contributed by atoms with E-state index >= 15 is 0 Å². The molecular weight excluding hydrogens is 327 g/mol. The van der Waals surface area contributed by atoms with E-state index in [0.29, 0.717) is 5.56 Å². The summed E-state index contributed by atoms with van der Waals surface area (Å²) in [6.45, 7) is 0. The molecule has 1 aliphatic rings. The van der Waals surface area contributed by atoms with E-state index in [4.69, 9.17) is 23.2 Å². The van der Waals surface area contributed by atoms with Crippen LogP contribution in [0.3, 0.4) is 0 Å². The van der Waals surface area contributed by atoms with E-state index in [1.807, 2.05) is 0 Å². The third kappa shape index (κ3) is 2.27. The Hall–Kier alpha value is -1.95. The molecule has 0 saturated carbocycles. The maximum Gasteiger partial charge on any atom is 0.261 e. The number of hydrogen-bond acceptors (Lipinski definition) is 4. The molecule has 112 valence electrons. The van der Waals surface area contributed by atoms with Crippen molar-refractivity contribution >= 4 is 40.6 Å². The van der Waals surface area contributed by atoms with Crippen molar-refractivity contribution < 1.29 is 14.7 Å². The molecule has 1 atom stereocenters. The number of nitrogens with zero attached hydrogens (tertiary/aromatic N) is 1. The molecule has 0 saturated heterocycles. The van der Waals surface area contributed by atoms with Gasteiger partial charge < -0.3 is 10.4 Å². The van der Waals surface area contributed by atoms with Crippen LogP contribution in [-0.2, 0) is 10.4 Å². The van der Waals surface area contributed by atoms with Gasteiger partial charge in [-0.25, -0.2) is 0 Å². The van der Waals surface area contributed by atoms with Crippen LogP contribution in [0.4, 0.5) is 5.69 Å². The summed E-state index contributed by atoms with van der Waals surface area (Å²) >= 11 is 12.1. The number of aromatic nitrogens is 1. The number of rotatable bonds is 3. The topological polar surface area (TPSA) is 79.3 Å². The van der Waals surface area contributed by atoms with Gasteiger partial charge in [0.1, 0.15) is 0 Å². The number of nitrogens with one attached hydrogen (secondary N) is 1. The fraction of sp³-hybridized carbons (Fsp3) is 0.133. The molecule has 0 radical (unpaired) electrons. The molecule has 1 aromatic carbocycles. The molecule has 5 nitrogen and oxygen atoms in total. The van der Waals surface area contributed by atoms with Gasteiger partial charge >= 0.3 is 0 Å². The number of aliphatic hydroxyl groups is 1. The summed E-state index contributed by atoms with van der Waals surface area (Å²) in [6, 6.07) is 6.02. The Morgan fingerprint density at radius 2 is 1.82 bits per heavy atom. The zero-order chi connectivity index (χ0) is 15.9. The van der Waals surface area contributed by atoms with Gasteiger partial charge in [-0.15, -0.1) is 0 Å². The van der Waals surface area contributed by atoms with Crippen molar-refractivity contribution in [1.29, 1.82) is 0 Å². The van der Waals surface area contributed by atoms with Gasteiger partial charge in [0.25, 0.3) is 5.91 Å². The maximum absolute atomic E-state index is 12.3. The van der Waals surface area contributed by atoms with E-state index in [1.165, 1.54) is 36.7 Å². The van der Waals surface area contributed by atoms with E-state index < -0.39 is 23.7 Å². The second-order valence-electron chi connectivity index (χ2n) is 4.93. The third-order valence-electron chi connectivity index (χ3n) is 3.55. The number of pyridine rings is 1. The second kappa shape index (κ2) is 5.35. The quantitative estimate of drug-likeness (QED) is 0.844. The lowest BCUT2D eigenvalue weighted by Gasteiger charge is -2.21. The number of fused-ring (bicyclic) bond motifs is 1. The second-order valence-corrected chi connectivity index (χ2v) is 5.74. The largest absolute Gasteiger partial charge is 0.375 e. The molecule has 2 aromatic rings. The van der Waals surface area contributed by atoms with Crippen LogP contribution < -0.4 is 5.32 Å². The lowest BCUT2D eigenvalue weighted by atomic mass is 9.88. The van der Waals surface area contributed by atoms with Crippen LogP contribution in [0.1, 0.15) is 22.3 Å². The lowest BCUT2D eigenvalue weighted by molar-refractivity contribution is -0.133. The number of ketones is 1. The Labute approximate surface area is 135 Å². The molecule has 1 aromatic heterocycles. The molecule has 1 aliphatic heterocycles. The number of anilines is 1. The minimum Gasteiger partial charge on any atom is -0.375 e. The molecule has 0 fully saturated rings. The zero-order valence-electron chi connectivity index (χ0n) is 11.1. The van der Waals surface area contributed by atoms with Gasteiger partial charge in [-0.3, -0.25) is 14.6 Å². The summed E-state index contributed by atoms with van der Waals surface area (Å²) in [4.78, 5) is 28.3. The van der Waals surface area contributed by atoms with E-state index in [2.05, 4.69) is 10.3 Å². The van der Waals surface area contributed by atoms with E-state index in [9.17, 15) is 14.7 Å². The van der Waals surface area contributed by atoms with Crippen molar-refractivity contribution in [3.63, 3.8) is 0 Å². The Morgan fingerprint density at radius 3 is 2.50 bits per heavy atom. The van der Waals surface area contributed by atoms with Gasteiger partial charge in [0, 0.05) is 28.5 Å². The van der Waals surface area contributed by atoms with Crippen molar-refractivity contribution in [2.75, 3.05) is 5.32 Å². The molecule has 2 N–H and O–H groups in total. The van der Waals surface area contributed by atoms with E-state index in [-0.39, 0.29) is 21.3 Å². The predicted octanol–water partition coefficient (Wildman–Crippen LogP) is 2.80. The van der Waals surface area contributed by atoms with Gasteiger partial charge in [-0.2, -0.15) is 0 Å². The first-order chi connectivity index (χ1) is 10.4. The standard InChI is InChI=1S/C15H10Cl2N2O3/c16-9-1-2-10(17)13-12(9)15(22,14(21)19-13)7-11(20)8-3-5-18-6-4-8/h1-6,22H,7H2,(H,19,21). The van der Waals surface area contributed by atoms with Crippen LogP contribution in [0.15, 0.2) is 36.7 Å². The number of carbonyl (C=O) groups is 2. The average Bonchev–Trinajstić information content (AvgIpc) is 2.77. The first-order valence-corrected chi connectivity index (χ1v) is 7.14. The maximum atomic E-state index is 12.3. The van der Waals surface area contributed by atoms with Crippen LogP contribution in [0.2, 0.25) is 10.0 Å². The lowest BCUT2D eigenvalue weighted by Crippen LogP contribution is -2.36. The summed E-state index contributed by atoms with van der Waals surface area (Å²) in [5.74, 6) is -1.12. The zero-order valence-corrected chi connectivity index (χ0v) is 12.6. The summed E-state index contributed by atoms with van der Waals surface area (Å²) in [5, 5.41) is 13.7. The van der Waals surface area contributed by atoms with Crippen LogP contribution in [0.5, 0.6) is 0 Å². The van der Waals surface area contributed by atoms with Gasteiger partial charge in [-0.1, -0.05) is 23.2 Å². The van der Waals surface area contributed by atoms with Crippen molar-refractivity contribution in [3.8, 4) is 0 Å². The smallest absolute Gasteiger partial charge is 0.261 e. The van der Waals surface area contributed by atoms with Crippen molar-refractivity contribution in [1.82, 2.24) is 4.98 Å². The van der Waals surface area contributed by atoms with Gasteiger partial charge in [0.15, 0.2) is 11.4 Å². The average molecular weight is 337 g/mol. The molecule has 2 heterocycles. The molecular formula is C15H10Cl2N2O3. The fourth-order valence-corrected chi connectivity index (χ4v) is 2.97. The number of hydrogen-bond donors (Lipinski definition) is 2. The molecule has 1 unspecified atom stereocenters. The van der Waals surface area contributed by atoms with E-state index in [1.54, 1.807) is 0 Å². The molecule has 0 spiro atoms. The predicted molar refractivity (Wildman–Crippen MR) is 82.2 cm³/mol. The Balaban J connectivity index is 2.03. The first kappa shape index (κ1) is 15.0. The van der Waals surface area contributed by atoms with Crippen molar-refractivity contribution in [3.05, 3.63) is 57.8 Å². The normalized spacial score (nSPS) is 19.7. The summed E-state index contributed by atoms with van der Waals surface area (Å²) in [7, 11) is 0. The molecule has 22 heavy (non-hydrogen) atoms. The Kier molecular flexibility index (Phi) is 3.64. The molecule has 3 rings (SSSR count). The Morgan fingerprint density at radius 1 is 1.18 bits per heavy atom. The highest BCUT2D eigenvalue weighted by atomic mass is 35.5. The summed E-state index contributed by atoms with van der Waals surface area (Å²) in [6.07, 6.45) is 2.49. The number of carbonyl (C=O) groups excluding carboxylic acids is 2. The summed E-state index contributed by atoms with van der Waals surface area (Å²) in [5.41, 5.74) is -1.32. The minimum absolute atomic E-state index is 0.133. The first-order valence-electron chi connectivity index (χ1n) is 6.39. The van der Waals surface area contributed by atoms with Gasteiger partial charge in [0.05, 0.1) is 17.1 Å². The summed E-state index contributed by atoms with van der Waals surface area (Å²) < 4.78 is 0. The van der Waals surface area contributed by atoms with Gasteiger partial charge in [0.2, 0.25) is 0 Å². The minimum atomic E-state index is -2.04. The van der Waals surface area contributed by atoms with Crippen LogP contribution in [0, 0.1) is 0 Å². The number of halogens is 2.